The molecule has 0 bridgehead atoms. The number of hydrogen-bond acceptors (Lipinski definition) is 18. The van der Waals surface area contributed by atoms with Gasteiger partial charge in [-0.25, -0.2) is 4.79 Å². The molecule has 77 heavy (non-hydrogen) atoms. The van der Waals surface area contributed by atoms with E-state index in [1.54, 1.807) is 0 Å². The van der Waals surface area contributed by atoms with Crippen LogP contribution < -0.4 is 59.3 Å². The van der Waals surface area contributed by atoms with Crippen molar-refractivity contribution in [2.75, 3.05) is 32.8 Å². The molecule has 0 aromatic carbocycles. The van der Waals surface area contributed by atoms with Gasteiger partial charge in [0.15, 0.2) is 6.10 Å². The number of carboxylic acids is 1. The van der Waals surface area contributed by atoms with Crippen LogP contribution >= 0.6 is 0 Å². The lowest BCUT2D eigenvalue weighted by atomic mass is 9.99. The lowest BCUT2D eigenvalue weighted by molar-refractivity contribution is -0.152. The van der Waals surface area contributed by atoms with Crippen LogP contribution in [0.1, 0.15) is 131 Å². The predicted molar refractivity (Wildman–Crippen MR) is 276 cm³/mol. The van der Waals surface area contributed by atoms with E-state index in [1.165, 1.54) is 26.2 Å². The van der Waals surface area contributed by atoms with E-state index in [4.69, 9.17) is 16.2 Å². The number of carbonyl (C=O) groups is 11. The van der Waals surface area contributed by atoms with Crippen molar-refractivity contribution in [1.82, 2.24) is 47.9 Å². The number of allylic oxidation sites excluding steroid dienone is 1. The molecule has 2 unspecified atom stereocenters. The summed E-state index contributed by atoms with van der Waals surface area (Å²) in [6.07, 6.45) is 4.35. The lowest BCUT2D eigenvalue weighted by Crippen LogP contribution is -2.63. The number of ether oxygens (including phenoxy) is 1. The second-order valence-electron chi connectivity index (χ2n) is 19.0. The molecule has 1 aliphatic rings. The molecule has 9 amide bonds. The van der Waals surface area contributed by atoms with Crippen LogP contribution in [-0.2, 0) is 57.5 Å². The molecule has 1 rings (SSSR count). The highest BCUT2D eigenvalue weighted by atomic mass is 16.5. The maximum atomic E-state index is 14.0. The molecule has 0 aromatic rings. The van der Waals surface area contributed by atoms with Crippen molar-refractivity contribution in [1.29, 1.82) is 0 Å². The summed E-state index contributed by atoms with van der Waals surface area (Å²) in [6, 6.07) is -13.0. The number of aliphatic carboxylic acids is 1. The quantitative estimate of drug-likeness (QED) is 0.0234. The number of aliphatic hydroxyl groups excluding tert-OH is 4. The first-order chi connectivity index (χ1) is 36.5. The van der Waals surface area contributed by atoms with Gasteiger partial charge in [-0.1, -0.05) is 84.1 Å². The fraction of sp³-hybridized carbons (Fsp3) is 0.735. The number of hydrogen-bond donors (Lipinski definition) is 16. The van der Waals surface area contributed by atoms with Gasteiger partial charge < -0.3 is 89.6 Å². The Labute approximate surface area is 448 Å². The number of aliphatic hydroxyl groups is 4. The first kappa shape index (κ1) is 68.7. The number of esters is 1. The van der Waals surface area contributed by atoms with Crippen LogP contribution in [0.4, 0.5) is 0 Å². The van der Waals surface area contributed by atoms with Crippen molar-refractivity contribution in [2.45, 2.75) is 192 Å². The highest BCUT2D eigenvalue weighted by Crippen LogP contribution is 2.17. The molecule has 0 saturated carbocycles. The summed E-state index contributed by atoms with van der Waals surface area (Å²) in [5.41, 5.74) is 10.7. The van der Waals surface area contributed by atoms with Crippen LogP contribution in [0.5, 0.6) is 0 Å². The van der Waals surface area contributed by atoms with Gasteiger partial charge in [-0.2, -0.15) is 0 Å². The number of nitrogens with two attached hydrogens (primary N) is 2. The zero-order chi connectivity index (χ0) is 58.2. The number of amides is 9. The molecule has 1 fully saturated rings. The van der Waals surface area contributed by atoms with Crippen LogP contribution in [0.3, 0.4) is 0 Å². The topological polar surface area (TPSA) is 458 Å². The summed E-state index contributed by atoms with van der Waals surface area (Å²) in [5.74, 6) is -13.9. The minimum Gasteiger partial charge on any atom is -0.479 e. The second kappa shape index (κ2) is 37.4. The molecule has 28 heteroatoms. The normalized spacial score (nSPS) is 24.4. The van der Waals surface area contributed by atoms with Gasteiger partial charge in [0.05, 0.1) is 18.8 Å². The van der Waals surface area contributed by atoms with Gasteiger partial charge in [-0.05, 0) is 65.5 Å². The minimum absolute atomic E-state index is 0.0108. The Bertz CT molecular complexity index is 1990. The van der Waals surface area contributed by atoms with Crippen molar-refractivity contribution < 1.29 is 83.0 Å². The molecule has 0 spiro atoms. The maximum absolute atomic E-state index is 14.0. The van der Waals surface area contributed by atoms with Crippen molar-refractivity contribution in [3.05, 3.63) is 11.8 Å². The Morgan fingerprint density at radius 3 is 1.66 bits per heavy atom. The summed E-state index contributed by atoms with van der Waals surface area (Å²) >= 11 is 0. The summed E-state index contributed by atoms with van der Waals surface area (Å²) in [7, 11) is 0. The molecule has 0 aliphatic carbocycles. The average Bonchev–Trinajstić information content (AvgIpc) is 3.37. The first-order valence-corrected chi connectivity index (χ1v) is 26.3. The van der Waals surface area contributed by atoms with E-state index >= 15 is 0 Å². The van der Waals surface area contributed by atoms with Gasteiger partial charge in [0.1, 0.15) is 54.6 Å². The second-order valence-corrected chi connectivity index (χ2v) is 19.0. The van der Waals surface area contributed by atoms with Gasteiger partial charge in [0, 0.05) is 13.0 Å². The van der Waals surface area contributed by atoms with Crippen LogP contribution in [0.2, 0.25) is 0 Å². The van der Waals surface area contributed by atoms with E-state index in [2.05, 4.69) is 44.1 Å². The van der Waals surface area contributed by atoms with E-state index in [-0.39, 0.29) is 44.7 Å². The monoisotopic (exact) mass is 1100 g/mol. The highest BCUT2D eigenvalue weighted by Gasteiger charge is 2.40. The van der Waals surface area contributed by atoms with Gasteiger partial charge >= 0.3 is 11.9 Å². The zero-order valence-corrected chi connectivity index (χ0v) is 44.9. The fourth-order valence-corrected chi connectivity index (χ4v) is 7.80. The smallest absolute Gasteiger partial charge is 0.335 e. The van der Waals surface area contributed by atoms with E-state index in [9.17, 15) is 78.3 Å². The van der Waals surface area contributed by atoms with Crippen LogP contribution in [0.25, 0.3) is 0 Å². The van der Waals surface area contributed by atoms with Gasteiger partial charge in [-0.3, -0.25) is 47.9 Å². The predicted octanol–water partition coefficient (Wildman–Crippen LogP) is -4.30. The van der Waals surface area contributed by atoms with E-state index < -0.39 is 158 Å². The Morgan fingerprint density at radius 2 is 1.12 bits per heavy atom. The molecule has 1 aliphatic heterocycles. The largest absolute Gasteiger partial charge is 0.479 e. The summed E-state index contributed by atoms with van der Waals surface area (Å²) in [4.78, 5) is 148. The number of carboxylic acid groups (broad SMARTS) is 1. The molecule has 18 N–H and O–H groups in total. The summed E-state index contributed by atoms with van der Waals surface area (Å²) in [6.45, 7) is 4.67. The molecule has 28 nitrogen and oxygen atoms in total. The lowest BCUT2D eigenvalue weighted by Gasteiger charge is -2.28. The Balaban J connectivity index is 3.76. The highest BCUT2D eigenvalue weighted by molar-refractivity contribution is 6.03. The Morgan fingerprint density at radius 1 is 0.610 bits per heavy atom. The van der Waals surface area contributed by atoms with Crippen molar-refractivity contribution >= 4 is 65.1 Å². The molecular formula is C49H85N11O17. The third kappa shape index (κ3) is 26.0. The van der Waals surface area contributed by atoms with Gasteiger partial charge in [0.25, 0.3) is 5.91 Å². The van der Waals surface area contributed by atoms with E-state index in [0.717, 1.165) is 58.4 Å². The van der Waals surface area contributed by atoms with E-state index in [0.29, 0.717) is 6.42 Å². The number of rotatable bonds is 25. The van der Waals surface area contributed by atoms with Crippen LogP contribution in [-0.4, -0.2) is 184 Å². The number of nitrogens with one attached hydrogen (secondary N) is 9. The summed E-state index contributed by atoms with van der Waals surface area (Å²) in [5, 5.41) is 71.4. The average molecular weight is 1100 g/mol. The molecule has 11 atom stereocenters. The van der Waals surface area contributed by atoms with Crippen molar-refractivity contribution in [3.8, 4) is 0 Å². The minimum atomic E-state index is -2.76. The Kier molecular flexibility index (Phi) is 33.4. The van der Waals surface area contributed by atoms with Crippen molar-refractivity contribution in [3.63, 3.8) is 0 Å². The summed E-state index contributed by atoms with van der Waals surface area (Å²) < 4.78 is 5.43. The van der Waals surface area contributed by atoms with Crippen LogP contribution in [0, 0.1) is 5.92 Å². The third-order valence-corrected chi connectivity index (χ3v) is 12.3. The zero-order valence-electron chi connectivity index (χ0n) is 44.9. The standard InChI is InChI=1S/C49H85N11O17/c1-6-8-9-10-11-12-13-14-15-17-27(3)24-36(65)77-26-34-45(71)56-32(19-22-51)41(67)52-25-35(64)53-33(20-23-61)43(69)55-31(18-16-21-50)44(70)58-37(28(4)62)46(72)54-30(7-2)42(68)60-39(40(66)49(75)76)48(74)59-38(29(5)63)47(73)57-34/h7,27-29,31-34,37-40,61-63,66H,6,8-26,50-51H2,1-5H3,(H,52,67)(H,53,64)(H,54,72)(H,55,69)(H,56,71)(H,57,73)(H,58,70)(H,59,74)(H,60,68)(H,75,76)/b30-7-/t27?,28-,29-,31+,32+,33+,34+,37+,38+,39+,40?/m1/s1. The molecule has 1 saturated heterocycles. The molecule has 0 aromatic heterocycles. The fourth-order valence-electron chi connectivity index (χ4n) is 7.80. The third-order valence-electron chi connectivity index (χ3n) is 12.3. The van der Waals surface area contributed by atoms with Crippen LogP contribution in [0.15, 0.2) is 11.8 Å². The number of unbranched alkanes of at least 4 members (excludes halogenated alkanes) is 8. The molecule has 438 valence electrons. The van der Waals surface area contributed by atoms with Gasteiger partial charge in [-0.15, -0.1) is 0 Å². The maximum Gasteiger partial charge on any atom is 0.335 e. The SMILES string of the molecule is C/C=C1\NC(=O)[C@H]([C@@H](C)O)NC(=O)[C@H](CCCN)NC(=O)[C@H](CCO)NC(=O)CNC(=O)[C@H](CCN)NC(=O)[C@H](COC(=O)CC(C)CCCCCCCCCCC)NC(=O)[C@H]([C@@H](C)O)NC(=O)[C@H](C(O)C(=O)O)NC1=O. The molecular weight excluding hydrogens is 1010 g/mol. The molecule has 1 heterocycles. The molecule has 0 radical (unpaired) electrons. The van der Waals surface area contributed by atoms with E-state index in [1.807, 2.05) is 17.6 Å². The Hall–Kier alpha value is -6.33. The number of carbonyl (C=O) groups excluding carboxylic acids is 10. The van der Waals surface area contributed by atoms with Gasteiger partial charge in [0.2, 0.25) is 47.3 Å². The van der Waals surface area contributed by atoms with Crippen molar-refractivity contribution in [2.24, 2.45) is 17.4 Å². The first-order valence-electron chi connectivity index (χ1n) is 26.3.